The highest BCUT2D eigenvalue weighted by molar-refractivity contribution is 6.00. The maximum Gasteiger partial charge on any atom is 0.160 e. The molecule has 0 spiro atoms. The number of hydrogen-bond acceptors (Lipinski definition) is 4. The number of aromatic nitrogens is 3. The van der Waals surface area contributed by atoms with Crippen molar-refractivity contribution in [3.8, 4) is 11.1 Å². The van der Waals surface area contributed by atoms with Gasteiger partial charge < -0.3 is 15.4 Å². The van der Waals surface area contributed by atoms with Crippen molar-refractivity contribution in [1.29, 1.82) is 0 Å². The van der Waals surface area contributed by atoms with E-state index in [2.05, 4.69) is 44.8 Å². The van der Waals surface area contributed by atoms with Gasteiger partial charge in [0, 0.05) is 34.0 Å². The SMILES string of the molecule is OCc1ccc(C2Nc3ccccc3-c3cnnc4[nH]cc2c34)cc1. The van der Waals surface area contributed by atoms with E-state index in [1.807, 2.05) is 36.7 Å². The van der Waals surface area contributed by atoms with Crippen LogP contribution in [0.2, 0.25) is 0 Å². The van der Waals surface area contributed by atoms with E-state index < -0.39 is 0 Å². The largest absolute Gasteiger partial charge is 0.392 e. The lowest BCUT2D eigenvalue weighted by Crippen LogP contribution is -2.11. The van der Waals surface area contributed by atoms with E-state index in [-0.39, 0.29) is 12.6 Å². The van der Waals surface area contributed by atoms with E-state index in [0.717, 1.165) is 44.5 Å². The lowest BCUT2D eigenvalue weighted by Gasteiger charge is -2.19. The number of aliphatic hydroxyl groups is 1. The van der Waals surface area contributed by atoms with Gasteiger partial charge in [-0.25, -0.2) is 0 Å². The molecule has 0 radical (unpaired) electrons. The van der Waals surface area contributed by atoms with Crippen LogP contribution in [0.5, 0.6) is 0 Å². The fourth-order valence-electron chi connectivity index (χ4n) is 3.59. The fourth-order valence-corrected chi connectivity index (χ4v) is 3.59. The molecule has 1 aliphatic rings. The van der Waals surface area contributed by atoms with Crippen LogP contribution in [-0.4, -0.2) is 20.3 Å². The Morgan fingerprint density at radius 3 is 2.68 bits per heavy atom. The molecule has 3 heterocycles. The molecule has 0 saturated carbocycles. The van der Waals surface area contributed by atoms with Crippen LogP contribution < -0.4 is 5.32 Å². The van der Waals surface area contributed by atoms with Crippen molar-refractivity contribution in [3.05, 3.63) is 77.6 Å². The Hall–Kier alpha value is -3.18. The molecular formula is C20H16N4O. The van der Waals surface area contributed by atoms with Gasteiger partial charge in [-0.15, -0.1) is 5.10 Å². The summed E-state index contributed by atoms with van der Waals surface area (Å²) in [7, 11) is 0. The van der Waals surface area contributed by atoms with Crippen LogP contribution in [0.15, 0.2) is 60.9 Å². The Morgan fingerprint density at radius 1 is 1.00 bits per heavy atom. The summed E-state index contributed by atoms with van der Waals surface area (Å²) in [4.78, 5) is 3.25. The third-order valence-electron chi connectivity index (χ3n) is 4.83. The molecule has 2 aromatic heterocycles. The lowest BCUT2D eigenvalue weighted by atomic mass is 9.97. The monoisotopic (exact) mass is 328 g/mol. The first-order valence-electron chi connectivity index (χ1n) is 8.23. The van der Waals surface area contributed by atoms with E-state index in [9.17, 15) is 5.11 Å². The highest BCUT2D eigenvalue weighted by Crippen LogP contribution is 2.42. The molecule has 1 atom stereocenters. The van der Waals surface area contributed by atoms with Gasteiger partial charge in [0.05, 0.1) is 18.8 Å². The summed E-state index contributed by atoms with van der Waals surface area (Å²) < 4.78 is 0. The Balaban J connectivity index is 1.78. The minimum atomic E-state index is -0.00640. The highest BCUT2D eigenvalue weighted by Gasteiger charge is 2.26. The molecule has 3 N–H and O–H groups in total. The number of aromatic amines is 1. The zero-order valence-corrected chi connectivity index (χ0v) is 13.4. The van der Waals surface area contributed by atoms with Crippen LogP contribution in [0.25, 0.3) is 22.2 Å². The van der Waals surface area contributed by atoms with Gasteiger partial charge in [0.2, 0.25) is 0 Å². The van der Waals surface area contributed by atoms with E-state index in [4.69, 9.17) is 0 Å². The number of anilines is 1. The molecule has 0 aliphatic carbocycles. The number of aliphatic hydroxyl groups excluding tert-OH is 1. The molecule has 0 saturated heterocycles. The second-order valence-electron chi connectivity index (χ2n) is 6.25. The van der Waals surface area contributed by atoms with Crippen molar-refractivity contribution in [2.24, 2.45) is 0 Å². The zero-order valence-electron chi connectivity index (χ0n) is 13.4. The third kappa shape index (κ3) is 2.13. The van der Waals surface area contributed by atoms with E-state index >= 15 is 0 Å². The number of rotatable bonds is 2. The minimum absolute atomic E-state index is 0.00640. The summed E-state index contributed by atoms with van der Waals surface area (Å²) in [5, 5.41) is 22.5. The molecule has 1 unspecified atom stereocenters. The first kappa shape index (κ1) is 14.2. The molecule has 0 amide bonds. The molecule has 25 heavy (non-hydrogen) atoms. The summed E-state index contributed by atoms with van der Waals surface area (Å²) in [6.07, 6.45) is 3.84. The summed E-state index contributed by atoms with van der Waals surface area (Å²) in [6.45, 7) is 0.0496. The van der Waals surface area contributed by atoms with Crippen molar-refractivity contribution in [3.63, 3.8) is 0 Å². The number of nitrogens with one attached hydrogen (secondary N) is 2. The lowest BCUT2D eigenvalue weighted by molar-refractivity contribution is 0.282. The summed E-state index contributed by atoms with van der Waals surface area (Å²) in [6, 6.07) is 16.3. The Labute approximate surface area is 144 Å². The smallest absolute Gasteiger partial charge is 0.160 e. The average Bonchev–Trinajstić information content (AvgIpc) is 3.04. The van der Waals surface area contributed by atoms with E-state index in [1.54, 1.807) is 0 Å². The van der Waals surface area contributed by atoms with Crippen LogP contribution in [0.3, 0.4) is 0 Å². The summed E-state index contributed by atoms with van der Waals surface area (Å²) >= 11 is 0. The topological polar surface area (TPSA) is 73.8 Å². The number of hydrogen-bond donors (Lipinski definition) is 3. The molecule has 1 aliphatic heterocycles. The molecule has 5 heteroatoms. The number of benzene rings is 2. The van der Waals surface area contributed by atoms with Gasteiger partial charge in [0.25, 0.3) is 0 Å². The normalized spacial score (nSPS) is 15.5. The van der Waals surface area contributed by atoms with Crippen molar-refractivity contribution in [2.75, 3.05) is 5.32 Å². The van der Waals surface area contributed by atoms with Crippen LogP contribution in [-0.2, 0) is 6.61 Å². The van der Waals surface area contributed by atoms with Gasteiger partial charge >= 0.3 is 0 Å². The van der Waals surface area contributed by atoms with Crippen LogP contribution in [0.1, 0.15) is 22.7 Å². The first-order chi connectivity index (χ1) is 12.3. The van der Waals surface area contributed by atoms with Gasteiger partial charge in [0.15, 0.2) is 5.65 Å². The second-order valence-corrected chi connectivity index (χ2v) is 6.25. The average molecular weight is 328 g/mol. The van der Waals surface area contributed by atoms with Crippen molar-refractivity contribution in [2.45, 2.75) is 12.6 Å². The summed E-state index contributed by atoms with van der Waals surface area (Å²) in [5.74, 6) is 0. The van der Waals surface area contributed by atoms with Crippen molar-refractivity contribution >= 4 is 16.7 Å². The summed E-state index contributed by atoms with van der Waals surface area (Å²) in [5.41, 5.74) is 7.26. The van der Waals surface area contributed by atoms with Crippen LogP contribution in [0, 0.1) is 0 Å². The maximum atomic E-state index is 9.30. The molecule has 0 fully saturated rings. The Bertz CT molecular complexity index is 1070. The minimum Gasteiger partial charge on any atom is -0.392 e. The van der Waals surface area contributed by atoms with E-state index in [0.29, 0.717) is 0 Å². The van der Waals surface area contributed by atoms with Crippen molar-refractivity contribution < 1.29 is 5.11 Å². The second kappa shape index (κ2) is 5.43. The van der Waals surface area contributed by atoms with Gasteiger partial charge in [-0.1, -0.05) is 42.5 Å². The van der Waals surface area contributed by atoms with Crippen LogP contribution >= 0.6 is 0 Å². The van der Waals surface area contributed by atoms with Gasteiger partial charge in [-0.05, 0) is 17.2 Å². The number of fused-ring (bicyclic) bond motifs is 2. The van der Waals surface area contributed by atoms with Gasteiger partial charge in [-0.3, -0.25) is 0 Å². The predicted octanol–water partition coefficient (Wildman–Crippen LogP) is 3.63. The highest BCUT2D eigenvalue weighted by atomic mass is 16.3. The molecule has 2 aromatic carbocycles. The molecule has 4 aromatic rings. The standard InChI is InChI=1S/C20H16N4O/c25-11-12-5-7-13(8-6-12)19-16-9-21-20-18(16)15(10-22-24-20)14-3-1-2-4-17(14)23-19/h1-10,19,23,25H,11H2,(H,21,24). The maximum absolute atomic E-state index is 9.30. The zero-order chi connectivity index (χ0) is 16.8. The van der Waals surface area contributed by atoms with Crippen molar-refractivity contribution in [1.82, 2.24) is 15.2 Å². The van der Waals surface area contributed by atoms with E-state index in [1.165, 1.54) is 0 Å². The number of para-hydroxylation sites is 1. The molecular weight excluding hydrogens is 312 g/mol. The first-order valence-corrected chi connectivity index (χ1v) is 8.23. The van der Waals surface area contributed by atoms with Crippen LogP contribution in [0.4, 0.5) is 5.69 Å². The van der Waals surface area contributed by atoms with Gasteiger partial charge in [-0.2, -0.15) is 5.10 Å². The number of nitrogens with zero attached hydrogens (tertiary/aromatic N) is 2. The molecule has 5 nitrogen and oxygen atoms in total. The quantitative estimate of drug-likeness (QED) is 0.525. The predicted molar refractivity (Wildman–Crippen MR) is 97.2 cm³/mol. The molecule has 5 rings (SSSR count). The molecule has 0 bridgehead atoms. The third-order valence-corrected chi connectivity index (χ3v) is 4.83. The van der Waals surface area contributed by atoms with Gasteiger partial charge in [0.1, 0.15) is 0 Å². The Kier molecular flexibility index (Phi) is 3.08. The number of H-pyrrole nitrogens is 1. The molecule has 122 valence electrons. The fraction of sp³-hybridized carbons (Fsp3) is 0.100. The Morgan fingerprint density at radius 2 is 1.84 bits per heavy atom.